The van der Waals surface area contributed by atoms with Gasteiger partial charge in [-0.3, -0.25) is 4.68 Å². The topological polar surface area (TPSA) is 57.8 Å². The molecule has 0 N–H and O–H groups in total. The number of aryl methyl sites for hydroxylation is 1. The second-order valence-electron chi connectivity index (χ2n) is 6.71. The molecular formula is C19H23N5O. The van der Waals surface area contributed by atoms with Crippen LogP contribution in [0, 0.1) is 5.92 Å². The van der Waals surface area contributed by atoms with E-state index in [2.05, 4.69) is 31.1 Å². The lowest BCUT2D eigenvalue weighted by molar-refractivity contribution is 0.357. The molecule has 0 saturated carbocycles. The molecule has 3 aromatic rings. The molecule has 25 heavy (non-hydrogen) atoms. The van der Waals surface area contributed by atoms with Gasteiger partial charge in [-0.05, 0) is 29.7 Å². The van der Waals surface area contributed by atoms with Crippen LogP contribution >= 0.6 is 0 Å². The van der Waals surface area contributed by atoms with Crippen molar-refractivity contribution in [1.29, 1.82) is 0 Å². The van der Waals surface area contributed by atoms with Crippen molar-refractivity contribution in [2.24, 2.45) is 13.0 Å². The van der Waals surface area contributed by atoms with E-state index in [4.69, 9.17) is 14.8 Å². The van der Waals surface area contributed by atoms with Gasteiger partial charge < -0.3 is 4.74 Å². The van der Waals surface area contributed by atoms with Crippen LogP contribution in [0.5, 0.6) is 5.75 Å². The Morgan fingerprint density at radius 1 is 1.28 bits per heavy atom. The highest BCUT2D eigenvalue weighted by Gasteiger charge is 2.19. The summed E-state index contributed by atoms with van der Waals surface area (Å²) in [5.41, 5.74) is 2.30. The van der Waals surface area contributed by atoms with Crippen LogP contribution in [-0.4, -0.2) is 31.2 Å². The molecule has 2 aromatic heterocycles. The molecule has 0 amide bonds. The molecule has 6 heteroatoms. The molecule has 1 aliphatic rings. The first kappa shape index (κ1) is 15.9. The van der Waals surface area contributed by atoms with Gasteiger partial charge in [0, 0.05) is 31.5 Å². The molecule has 6 nitrogen and oxygen atoms in total. The molecule has 1 aliphatic heterocycles. The van der Waals surface area contributed by atoms with E-state index in [0.29, 0.717) is 5.92 Å². The van der Waals surface area contributed by atoms with Crippen LogP contribution in [0.15, 0.2) is 30.5 Å². The summed E-state index contributed by atoms with van der Waals surface area (Å²) in [5, 5.41) is 9.06. The summed E-state index contributed by atoms with van der Waals surface area (Å²) >= 11 is 0. The van der Waals surface area contributed by atoms with Crippen molar-refractivity contribution < 1.29 is 4.74 Å². The predicted octanol–water partition coefficient (Wildman–Crippen LogP) is 3.19. The molecule has 4 rings (SSSR count). The Balaban J connectivity index is 1.81. The maximum atomic E-state index is 5.63. The normalized spacial score (nSPS) is 14.4. The third kappa shape index (κ3) is 2.92. The van der Waals surface area contributed by atoms with Gasteiger partial charge in [0.2, 0.25) is 0 Å². The SMILES string of the molecule is CCC(C)Cc1nc(-c2ccc3c(c2)CCO3)n(-c2ccnn2C)n1. The van der Waals surface area contributed by atoms with E-state index in [1.54, 1.807) is 6.20 Å². The molecule has 1 atom stereocenters. The summed E-state index contributed by atoms with van der Waals surface area (Å²) < 4.78 is 9.35. The second kappa shape index (κ2) is 6.35. The maximum Gasteiger partial charge on any atom is 0.165 e. The lowest BCUT2D eigenvalue weighted by atomic mass is 10.1. The standard InChI is InChI=1S/C19H23N5O/c1-4-13(2)11-17-21-19(24(22-17)18-7-9-20-23(18)3)15-5-6-16-14(12-15)8-10-25-16/h5-7,9,12-13H,4,8,10-11H2,1-3H3. The Hall–Kier alpha value is -2.63. The van der Waals surface area contributed by atoms with E-state index in [1.165, 1.54) is 5.56 Å². The quantitative estimate of drug-likeness (QED) is 0.717. The van der Waals surface area contributed by atoms with Crippen molar-refractivity contribution in [2.75, 3.05) is 6.61 Å². The molecule has 0 aliphatic carbocycles. The fourth-order valence-electron chi connectivity index (χ4n) is 3.14. The lowest BCUT2D eigenvalue weighted by Crippen LogP contribution is -2.07. The first-order valence-electron chi connectivity index (χ1n) is 8.86. The summed E-state index contributed by atoms with van der Waals surface area (Å²) in [5.74, 6) is 4.19. The average Bonchev–Trinajstić information content (AvgIpc) is 3.32. The highest BCUT2D eigenvalue weighted by Crippen LogP contribution is 2.31. The zero-order chi connectivity index (χ0) is 17.4. The number of nitrogens with zero attached hydrogens (tertiary/aromatic N) is 5. The van der Waals surface area contributed by atoms with Crippen molar-refractivity contribution in [2.45, 2.75) is 33.1 Å². The molecular weight excluding hydrogens is 314 g/mol. The van der Waals surface area contributed by atoms with E-state index < -0.39 is 0 Å². The van der Waals surface area contributed by atoms with Crippen molar-refractivity contribution in [3.05, 3.63) is 41.9 Å². The van der Waals surface area contributed by atoms with E-state index in [-0.39, 0.29) is 0 Å². The number of fused-ring (bicyclic) bond motifs is 1. The molecule has 3 heterocycles. The number of benzene rings is 1. The maximum absolute atomic E-state index is 5.63. The molecule has 1 unspecified atom stereocenters. The van der Waals surface area contributed by atoms with Gasteiger partial charge in [0.1, 0.15) is 5.75 Å². The van der Waals surface area contributed by atoms with Gasteiger partial charge in [-0.2, -0.15) is 9.78 Å². The van der Waals surface area contributed by atoms with E-state index in [9.17, 15) is 0 Å². The summed E-state index contributed by atoms with van der Waals surface area (Å²) in [7, 11) is 1.92. The van der Waals surface area contributed by atoms with Gasteiger partial charge in [0.05, 0.1) is 12.8 Å². The molecule has 130 valence electrons. The monoisotopic (exact) mass is 337 g/mol. The van der Waals surface area contributed by atoms with Crippen LogP contribution in [0.1, 0.15) is 31.7 Å². The predicted molar refractivity (Wildman–Crippen MR) is 95.9 cm³/mol. The van der Waals surface area contributed by atoms with Crippen molar-refractivity contribution in [3.8, 4) is 23.0 Å². The molecule has 0 radical (unpaired) electrons. The summed E-state index contributed by atoms with van der Waals surface area (Å²) in [6.07, 6.45) is 4.72. The van der Waals surface area contributed by atoms with Gasteiger partial charge in [0.15, 0.2) is 17.5 Å². The zero-order valence-electron chi connectivity index (χ0n) is 14.9. The average molecular weight is 337 g/mol. The van der Waals surface area contributed by atoms with E-state index in [0.717, 1.165) is 54.6 Å². The summed E-state index contributed by atoms with van der Waals surface area (Å²) in [4.78, 5) is 4.86. The number of hydrogen-bond acceptors (Lipinski definition) is 4. The Bertz CT molecular complexity index is 895. The smallest absolute Gasteiger partial charge is 0.165 e. The van der Waals surface area contributed by atoms with E-state index in [1.807, 2.05) is 28.5 Å². The highest BCUT2D eigenvalue weighted by atomic mass is 16.5. The van der Waals surface area contributed by atoms with Gasteiger partial charge in [-0.15, -0.1) is 5.10 Å². The molecule has 0 fully saturated rings. The Kier molecular flexibility index (Phi) is 4.03. The Labute approximate surface area is 147 Å². The van der Waals surface area contributed by atoms with Gasteiger partial charge in [-0.25, -0.2) is 4.98 Å². The first-order valence-corrected chi connectivity index (χ1v) is 8.86. The fraction of sp³-hybridized carbons (Fsp3) is 0.421. The molecule has 0 bridgehead atoms. The second-order valence-corrected chi connectivity index (χ2v) is 6.71. The van der Waals surface area contributed by atoms with Crippen LogP contribution in [0.3, 0.4) is 0 Å². The molecule has 0 spiro atoms. The van der Waals surface area contributed by atoms with Gasteiger partial charge in [0.25, 0.3) is 0 Å². The molecule has 0 saturated heterocycles. The summed E-state index contributed by atoms with van der Waals surface area (Å²) in [6, 6.07) is 8.23. The number of aromatic nitrogens is 5. The van der Waals surface area contributed by atoms with Crippen LogP contribution in [0.2, 0.25) is 0 Å². The zero-order valence-corrected chi connectivity index (χ0v) is 14.9. The number of rotatable bonds is 5. The van der Waals surface area contributed by atoms with Crippen molar-refractivity contribution in [3.63, 3.8) is 0 Å². The van der Waals surface area contributed by atoms with Crippen LogP contribution in [0.25, 0.3) is 17.2 Å². The Morgan fingerprint density at radius 3 is 2.92 bits per heavy atom. The minimum atomic E-state index is 0.559. The number of ether oxygens (including phenoxy) is 1. The lowest BCUT2D eigenvalue weighted by Gasteiger charge is -2.07. The minimum absolute atomic E-state index is 0.559. The van der Waals surface area contributed by atoms with E-state index >= 15 is 0 Å². The third-order valence-corrected chi connectivity index (χ3v) is 4.84. The highest BCUT2D eigenvalue weighted by molar-refractivity contribution is 5.61. The van der Waals surface area contributed by atoms with Gasteiger partial charge in [-0.1, -0.05) is 20.3 Å². The van der Waals surface area contributed by atoms with Crippen LogP contribution in [-0.2, 0) is 19.9 Å². The fourth-order valence-corrected chi connectivity index (χ4v) is 3.14. The minimum Gasteiger partial charge on any atom is -0.493 e. The third-order valence-electron chi connectivity index (χ3n) is 4.84. The van der Waals surface area contributed by atoms with Crippen molar-refractivity contribution >= 4 is 0 Å². The van der Waals surface area contributed by atoms with Crippen LogP contribution in [0.4, 0.5) is 0 Å². The molecule has 1 aromatic carbocycles. The van der Waals surface area contributed by atoms with Gasteiger partial charge >= 0.3 is 0 Å². The summed E-state index contributed by atoms with van der Waals surface area (Å²) in [6.45, 7) is 5.19. The largest absolute Gasteiger partial charge is 0.493 e. The van der Waals surface area contributed by atoms with Crippen molar-refractivity contribution in [1.82, 2.24) is 24.5 Å². The first-order chi connectivity index (χ1) is 12.2. The Morgan fingerprint density at radius 2 is 2.16 bits per heavy atom. The number of hydrogen-bond donors (Lipinski definition) is 0. The van der Waals surface area contributed by atoms with Crippen LogP contribution < -0.4 is 4.74 Å².